The summed E-state index contributed by atoms with van der Waals surface area (Å²) in [4.78, 5) is 44.9. The van der Waals surface area contributed by atoms with E-state index in [9.17, 15) is 14.4 Å². The molecule has 2 aliphatic rings. The zero-order chi connectivity index (χ0) is 53.7. The highest BCUT2D eigenvalue weighted by molar-refractivity contribution is 6.26. The third-order valence-corrected chi connectivity index (χ3v) is 12.9. The van der Waals surface area contributed by atoms with Crippen molar-refractivity contribution in [2.24, 2.45) is 0 Å². The number of methoxy groups -OCH3 is 1. The molecule has 5 aromatic carbocycles. The molecule has 0 unspecified atom stereocenters. The number of ether oxygens (including phenoxy) is 9. The number of benzene rings is 5. The molecule has 0 saturated heterocycles. The van der Waals surface area contributed by atoms with Gasteiger partial charge < -0.3 is 63.1 Å². The van der Waals surface area contributed by atoms with E-state index in [1.807, 2.05) is 37.3 Å². The topological polar surface area (TPSA) is 168 Å². The van der Waals surface area contributed by atoms with Gasteiger partial charge in [0.05, 0.1) is 89.6 Å². The van der Waals surface area contributed by atoms with E-state index in [2.05, 4.69) is 83.3 Å². The molecule has 2 heterocycles. The van der Waals surface area contributed by atoms with E-state index in [0.717, 1.165) is 61.2 Å². The molecule has 0 spiro atoms. The largest absolute Gasteiger partial charge is 0.490 e. The number of amides is 2. The number of aryl methyl sites for hydroxylation is 2. The summed E-state index contributed by atoms with van der Waals surface area (Å²) in [5.41, 5.74) is 7.78. The predicted molar refractivity (Wildman–Crippen MR) is 296 cm³/mol. The maximum absolute atomic E-state index is 13.7. The summed E-state index contributed by atoms with van der Waals surface area (Å²) in [6.45, 7) is 20.1. The van der Waals surface area contributed by atoms with Crippen molar-refractivity contribution < 1.29 is 57.0 Å². The maximum Gasteiger partial charge on any atom is 0.333 e. The van der Waals surface area contributed by atoms with Crippen molar-refractivity contribution in [1.29, 1.82) is 0 Å². The van der Waals surface area contributed by atoms with E-state index in [4.69, 9.17) is 42.6 Å². The number of esters is 1. The van der Waals surface area contributed by atoms with E-state index in [1.165, 1.54) is 0 Å². The summed E-state index contributed by atoms with van der Waals surface area (Å²) in [6.07, 6.45) is 0.633. The molecule has 0 radical (unpaired) electrons. The van der Waals surface area contributed by atoms with E-state index in [0.29, 0.717) is 147 Å². The number of nitrogens with zero attached hydrogens (tertiary/aromatic N) is 3. The Kier molecular flexibility index (Phi) is 22.0. The molecule has 0 fully saturated rings. The molecule has 2 amide bonds. The van der Waals surface area contributed by atoms with Crippen molar-refractivity contribution in [2.75, 3.05) is 159 Å². The quantitative estimate of drug-likeness (QED) is 0.0332. The highest BCUT2D eigenvalue weighted by Crippen LogP contribution is 2.36. The lowest BCUT2D eigenvalue weighted by Gasteiger charge is -2.29. The molecule has 0 aromatic heterocycles. The van der Waals surface area contributed by atoms with Crippen LogP contribution >= 0.6 is 0 Å². The Morgan fingerprint density at radius 3 is 2.22 bits per heavy atom. The first-order valence-electron chi connectivity index (χ1n) is 26.3. The molecular formula is C59H75N5O12. The Bertz CT molecular complexity index is 2710. The van der Waals surface area contributed by atoms with Crippen molar-refractivity contribution in [3.05, 3.63) is 125 Å². The summed E-state index contributed by atoms with van der Waals surface area (Å²) in [7, 11) is 1.65. The summed E-state index contributed by atoms with van der Waals surface area (Å²) < 4.78 is 54.0. The molecule has 0 aliphatic carbocycles. The first-order valence-corrected chi connectivity index (χ1v) is 26.3. The number of hydrogen-bond acceptors (Lipinski definition) is 16. The number of fused-ring (bicyclic) bond motifs is 2. The molecule has 0 bridgehead atoms. The van der Waals surface area contributed by atoms with E-state index < -0.39 is 17.8 Å². The number of rotatable bonds is 20. The number of anilines is 4. The first kappa shape index (κ1) is 56.8. The fraction of sp³-hybridized carbons (Fsp3) is 0.441. The fourth-order valence-electron chi connectivity index (χ4n) is 8.95. The monoisotopic (exact) mass is 1050 g/mol. The van der Waals surface area contributed by atoms with Crippen LogP contribution < -0.4 is 34.6 Å². The highest BCUT2D eigenvalue weighted by atomic mass is 16.5. The third-order valence-electron chi connectivity index (χ3n) is 12.9. The minimum absolute atomic E-state index is 0.0685. The minimum atomic E-state index is -0.575. The second-order valence-electron chi connectivity index (χ2n) is 18.5. The molecule has 408 valence electrons. The van der Waals surface area contributed by atoms with Gasteiger partial charge in [-0.15, -0.1) is 0 Å². The highest BCUT2D eigenvalue weighted by Gasteiger charge is 2.33. The van der Waals surface area contributed by atoms with Gasteiger partial charge in [-0.05, 0) is 105 Å². The number of carbonyl (C=O) groups is 3. The van der Waals surface area contributed by atoms with Crippen LogP contribution in [-0.2, 0) is 39.6 Å². The molecule has 0 atom stereocenters. The zero-order valence-corrected chi connectivity index (χ0v) is 44.9. The SMILES string of the molecule is C=C(C)C(=O)OCCN1C(=O)c2cccc3c(NCCc4ccc(N5CCOc6cc(C)ccc6NCCOCCOCCN(CCOCCOCC)c6ccc(C)cc6OCC5)c(OCCOC)c4)ccc(c23)C1=O. The van der Waals surface area contributed by atoms with Crippen molar-refractivity contribution in [3.8, 4) is 17.2 Å². The Balaban J connectivity index is 1.11. The molecule has 76 heavy (non-hydrogen) atoms. The van der Waals surface area contributed by atoms with Crippen LogP contribution in [-0.4, -0.2) is 161 Å². The average Bonchev–Trinajstić information content (AvgIpc) is 3.52. The first-order chi connectivity index (χ1) is 37.1. The second kappa shape index (κ2) is 29.4. The molecule has 17 nitrogen and oxygen atoms in total. The van der Waals surface area contributed by atoms with Gasteiger partial charge in [-0.1, -0.05) is 36.9 Å². The van der Waals surface area contributed by atoms with Gasteiger partial charge in [0.1, 0.15) is 43.7 Å². The third kappa shape index (κ3) is 15.8. The van der Waals surface area contributed by atoms with Gasteiger partial charge in [-0.2, -0.15) is 0 Å². The van der Waals surface area contributed by atoms with Gasteiger partial charge >= 0.3 is 5.97 Å². The molecule has 7 rings (SSSR count). The molecular weight excluding hydrogens is 971 g/mol. The van der Waals surface area contributed by atoms with Crippen LogP contribution in [0.15, 0.2) is 97.1 Å². The molecule has 17 heteroatoms. The van der Waals surface area contributed by atoms with Crippen LogP contribution in [0.2, 0.25) is 0 Å². The zero-order valence-electron chi connectivity index (χ0n) is 44.9. The number of hydrogen-bond donors (Lipinski definition) is 2. The van der Waals surface area contributed by atoms with Crippen molar-refractivity contribution in [1.82, 2.24) is 4.90 Å². The lowest BCUT2D eigenvalue weighted by molar-refractivity contribution is -0.139. The van der Waals surface area contributed by atoms with E-state index in [1.54, 1.807) is 26.2 Å². The van der Waals surface area contributed by atoms with Crippen molar-refractivity contribution >= 4 is 51.3 Å². The van der Waals surface area contributed by atoms with Crippen LogP contribution in [0.1, 0.15) is 51.3 Å². The fourth-order valence-corrected chi connectivity index (χ4v) is 8.95. The Morgan fingerprint density at radius 1 is 0.724 bits per heavy atom. The summed E-state index contributed by atoms with van der Waals surface area (Å²) in [5, 5.41) is 8.42. The second-order valence-corrected chi connectivity index (χ2v) is 18.5. The van der Waals surface area contributed by atoms with Crippen LogP contribution in [0.5, 0.6) is 17.2 Å². The summed E-state index contributed by atoms with van der Waals surface area (Å²) in [6, 6.07) is 27.8. The van der Waals surface area contributed by atoms with Crippen LogP contribution in [0.4, 0.5) is 22.7 Å². The van der Waals surface area contributed by atoms with Gasteiger partial charge in [0.2, 0.25) is 0 Å². The van der Waals surface area contributed by atoms with Gasteiger partial charge in [0, 0.05) is 73.1 Å². The molecule has 5 aromatic rings. The van der Waals surface area contributed by atoms with Crippen molar-refractivity contribution in [3.63, 3.8) is 0 Å². The lowest BCUT2D eigenvalue weighted by atomic mass is 9.93. The Labute approximate surface area is 447 Å². The maximum atomic E-state index is 13.7. The Morgan fingerprint density at radius 2 is 1.45 bits per heavy atom. The number of imide groups is 1. The molecule has 2 N–H and O–H groups in total. The van der Waals surface area contributed by atoms with E-state index in [-0.39, 0.29) is 18.7 Å². The standard InChI is InChI=1S/C59H75N5O12/c1-7-69-34-35-71-28-22-62-23-29-72-37-36-70-27-21-61-50-15-11-43(4)39-53(50)73-30-24-63(25-31-74-54-40-44(5)12-17-51(54)62)52-18-13-45(41-55(52)75-38-33-68-6)19-20-60-49-16-14-48-56-46(49)9-8-10-47(56)57(65)64(58(48)66)26-32-76-59(67)42(2)3/h8-18,39-41,60-61H,2,7,19-38H2,1,3-6H3. The van der Waals surface area contributed by atoms with Crippen molar-refractivity contribution in [2.45, 2.75) is 34.1 Å². The molecule has 0 saturated carbocycles. The predicted octanol–water partition coefficient (Wildman–Crippen LogP) is 8.13. The average molecular weight is 1050 g/mol. The summed E-state index contributed by atoms with van der Waals surface area (Å²) in [5.74, 6) is 0.769. The minimum Gasteiger partial charge on any atom is -0.490 e. The smallest absolute Gasteiger partial charge is 0.333 e. The normalized spacial score (nSPS) is 14.9. The van der Waals surface area contributed by atoms with Crippen LogP contribution in [0, 0.1) is 13.8 Å². The van der Waals surface area contributed by atoms with Gasteiger partial charge in [-0.3, -0.25) is 14.5 Å². The Hall–Kier alpha value is -6.89. The summed E-state index contributed by atoms with van der Waals surface area (Å²) >= 11 is 0. The van der Waals surface area contributed by atoms with E-state index >= 15 is 0 Å². The van der Waals surface area contributed by atoms with Gasteiger partial charge in [0.15, 0.2) is 0 Å². The molecule has 2 aliphatic heterocycles. The van der Waals surface area contributed by atoms with Crippen LogP contribution in [0.3, 0.4) is 0 Å². The number of carbonyl (C=O) groups excluding carboxylic acids is 3. The van der Waals surface area contributed by atoms with Crippen LogP contribution in [0.25, 0.3) is 10.8 Å². The number of nitrogens with one attached hydrogen (secondary N) is 2. The lowest BCUT2D eigenvalue weighted by Crippen LogP contribution is -2.42. The van der Waals surface area contributed by atoms with Gasteiger partial charge in [-0.25, -0.2) is 4.79 Å². The van der Waals surface area contributed by atoms with Gasteiger partial charge in [0.25, 0.3) is 11.8 Å².